The molecule has 0 radical (unpaired) electrons. The Morgan fingerprint density at radius 3 is 2.44 bits per heavy atom. The van der Waals surface area contributed by atoms with Crippen molar-refractivity contribution in [3.63, 3.8) is 0 Å². The van der Waals surface area contributed by atoms with Crippen LogP contribution in [0.3, 0.4) is 0 Å². The fourth-order valence-electron chi connectivity index (χ4n) is 1.50. The maximum atomic E-state index is 13.7. The van der Waals surface area contributed by atoms with E-state index in [1.54, 1.807) is 12.1 Å². The molecule has 1 aromatic carbocycles. The van der Waals surface area contributed by atoms with Crippen molar-refractivity contribution in [1.82, 2.24) is 5.32 Å². The highest BCUT2D eigenvalue weighted by atomic mass is 19.3. The molecule has 1 N–H and O–H groups in total. The number of hydrogen-bond acceptors (Lipinski definition) is 2. The molecule has 0 atom stereocenters. The molecular weight excluding hydrogens is 212 g/mol. The molecule has 4 heteroatoms. The molecule has 88 valence electrons. The van der Waals surface area contributed by atoms with E-state index in [-0.39, 0.29) is 12.1 Å². The van der Waals surface area contributed by atoms with E-state index < -0.39 is 5.92 Å². The van der Waals surface area contributed by atoms with Gasteiger partial charge in [-0.2, -0.15) is 8.78 Å². The van der Waals surface area contributed by atoms with Crippen molar-refractivity contribution in [3.8, 4) is 5.75 Å². The van der Waals surface area contributed by atoms with Crippen molar-refractivity contribution in [2.24, 2.45) is 0 Å². The lowest BCUT2D eigenvalue weighted by atomic mass is 10.1. The molecule has 0 unspecified atom stereocenters. The van der Waals surface area contributed by atoms with Gasteiger partial charge in [-0.25, -0.2) is 0 Å². The van der Waals surface area contributed by atoms with Gasteiger partial charge >= 0.3 is 0 Å². The van der Waals surface area contributed by atoms with Crippen LogP contribution < -0.4 is 10.1 Å². The van der Waals surface area contributed by atoms with E-state index in [9.17, 15) is 8.78 Å². The SMILES string of the molecule is COc1ccc(C(F)(F)CNC2CC2)cc1. The summed E-state index contributed by atoms with van der Waals surface area (Å²) in [6, 6.07) is 6.23. The quantitative estimate of drug-likeness (QED) is 0.834. The minimum absolute atomic E-state index is 0.0291. The summed E-state index contributed by atoms with van der Waals surface area (Å²) in [4.78, 5) is 0. The number of ether oxygens (including phenoxy) is 1. The first-order chi connectivity index (χ1) is 7.62. The molecule has 2 nitrogen and oxygen atoms in total. The van der Waals surface area contributed by atoms with Gasteiger partial charge in [0.05, 0.1) is 13.7 Å². The fraction of sp³-hybridized carbons (Fsp3) is 0.500. The van der Waals surface area contributed by atoms with Gasteiger partial charge in [0.2, 0.25) is 0 Å². The summed E-state index contributed by atoms with van der Waals surface area (Å²) >= 11 is 0. The summed E-state index contributed by atoms with van der Waals surface area (Å²) in [6.45, 7) is -0.288. The Balaban J connectivity index is 2.01. The Morgan fingerprint density at radius 1 is 1.31 bits per heavy atom. The smallest absolute Gasteiger partial charge is 0.285 e. The predicted octanol–water partition coefficient (Wildman–Crippen LogP) is 2.54. The van der Waals surface area contributed by atoms with Crippen LogP contribution in [0.15, 0.2) is 24.3 Å². The van der Waals surface area contributed by atoms with Gasteiger partial charge in [0.25, 0.3) is 5.92 Å². The van der Waals surface area contributed by atoms with Gasteiger partial charge in [-0.1, -0.05) is 0 Å². The zero-order chi connectivity index (χ0) is 11.6. The Morgan fingerprint density at radius 2 is 1.94 bits per heavy atom. The van der Waals surface area contributed by atoms with Gasteiger partial charge < -0.3 is 10.1 Å². The lowest BCUT2D eigenvalue weighted by Crippen LogP contribution is -2.31. The number of nitrogens with one attached hydrogen (secondary N) is 1. The van der Waals surface area contributed by atoms with E-state index in [1.165, 1.54) is 19.2 Å². The number of benzene rings is 1. The third kappa shape index (κ3) is 2.70. The van der Waals surface area contributed by atoms with Gasteiger partial charge in [-0.15, -0.1) is 0 Å². The molecule has 1 aliphatic rings. The maximum absolute atomic E-state index is 13.7. The highest BCUT2D eigenvalue weighted by molar-refractivity contribution is 5.29. The van der Waals surface area contributed by atoms with Crippen LogP contribution in [0.25, 0.3) is 0 Å². The molecule has 0 amide bonds. The Hall–Kier alpha value is -1.16. The van der Waals surface area contributed by atoms with E-state index in [2.05, 4.69) is 5.32 Å². The molecule has 0 saturated heterocycles. The van der Waals surface area contributed by atoms with E-state index in [4.69, 9.17) is 4.74 Å². The molecule has 0 aromatic heterocycles. The van der Waals surface area contributed by atoms with Crippen LogP contribution in [0.5, 0.6) is 5.75 Å². The topological polar surface area (TPSA) is 21.3 Å². The van der Waals surface area contributed by atoms with Crippen molar-refractivity contribution in [2.75, 3.05) is 13.7 Å². The Bertz CT molecular complexity index is 347. The normalized spacial score (nSPS) is 16.2. The summed E-state index contributed by atoms with van der Waals surface area (Å²) in [5, 5.41) is 2.84. The van der Waals surface area contributed by atoms with Crippen molar-refractivity contribution in [3.05, 3.63) is 29.8 Å². The van der Waals surface area contributed by atoms with Crippen molar-refractivity contribution in [1.29, 1.82) is 0 Å². The average Bonchev–Trinajstić information content (AvgIpc) is 3.10. The predicted molar refractivity (Wildman–Crippen MR) is 57.9 cm³/mol. The molecular formula is C12H15F2NO. The third-order valence-corrected chi connectivity index (χ3v) is 2.70. The Labute approximate surface area is 93.6 Å². The van der Waals surface area contributed by atoms with E-state index in [0.717, 1.165) is 12.8 Å². The summed E-state index contributed by atoms with van der Waals surface area (Å²) in [7, 11) is 1.52. The number of rotatable bonds is 5. The Kier molecular flexibility index (Phi) is 3.10. The molecule has 0 spiro atoms. The molecule has 0 bridgehead atoms. The van der Waals surface area contributed by atoms with Crippen LogP contribution in [0, 0.1) is 0 Å². The number of halogens is 2. The fourth-order valence-corrected chi connectivity index (χ4v) is 1.50. The minimum atomic E-state index is -2.81. The third-order valence-electron chi connectivity index (χ3n) is 2.70. The second-order valence-corrected chi connectivity index (χ2v) is 4.09. The summed E-state index contributed by atoms with van der Waals surface area (Å²) in [5.74, 6) is -2.22. The summed E-state index contributed by atoms with van der Waals surface area (Å²) < 4.78 is 32.3. The molecule has 1 saturated carbocycles. The van der Waals surface area contributed by atoms with Gasteiger partial charge in [-0.3, -0.25) is 0 Å². The highest BCUT2D eigenvalue weighted by Gasteiger charge is 2.33. The van der Waals surface area contributed by atoms with Crippen LogP contribution in [-0.2, 0) is 5.92 Å². The van der Waals surface area contributed by atoms with Gasteiger partial charge in [0.1, 0.15) is 5.75 Å². The molecule has 0 aliphatic heterocycles. The number of methoxy groups -OCH3 is 1. The van der Waals surface area contributed by atoms with Crippen LogP contribution in [0.4, 0.5) is 8.78 Å². The van der Waals surface area contributed by atoms with Crippen LogP contribution >= 0.6 is 0 Å². The molecule has 1 fully saturated rings. The zero-order valence-electron chi connectivity index (χ0n) is 9.17. The van der Waals surface area contributed by atoms with Crippen molar-refractivity contribution >= 4 is 0 Å². The first-order valence-electron chi connectivity index (χ1n) is 5.37. The monoisotopic (exact) mass is 227 g/mol. The first-order valence-corrected chi connectivity index (χ1v) is 5.37. The molecule has 16 heavy (non-hydrogen) atoms. The second-order valence-electron chi connectivity index (χ2n) is 4.09. The van der Waals surface area contributed by atoms with Crippen LogP contribution in [0.1, 0.15) is 18.4 Å². The number of hydrogen-bond donors (Lipinski definition) is 1. The largest absolute Gasteiger partial charge is 0.497 e. The van der Waals surface area contributed by atoms with Crippen LogP contribution in [-0.4, -0.2) is 19.7 Å². The standard InChI is InChI=1S/C12H15F2NO/c1-16-11-6-2-9(3-7-11)12(13,14)8-15-10-4-5-10/h2-3,6-7,10,15H,4-5,8H2,1H3. The highest BCUT2D eigenvalue weighted by Crippen LogP contribution is 2.30. The van der Waals surface area contributed by atoms with E-state index >= 15 is 0 Å². The van der Waals surface area contributed by atoms with Crippen LogP contribution in [0.2, 0.25) is 0 Å². The minimum Gasteiger partial charge on any atom is -0.497 e. The summed E-state index contributed by atoms with van der Waals surface area (Å²) in [5.41, 5.74) is 0.0291. The van der Waals surface area contributed by atoms with Gasteiger partial charge in [0, 0.05) is 11.6 Å². The van der Waals surface area contributed by atoms with E-state index in [0.29, 0.717) is 11.8 Å². The lowest BCUT2D eigenvalue weighted by Gasteiger charge is -2.17. The lowest BCUT2D eigenvalue weighted by molar-refractivity contribution is -0.00352. The molecule has 1 aliphatic carbocycles. The maximum Gasteiger partial charge on any atom is 0.285 e. The first kappa shape index (κ1) is 11.3. The van der Waals surface area contributed by atoms with E-state index in [1.807, 2.05) is 0 Å². The van der Waals surface area contributed by atoms with Gasteiger partial charge in [-0.05, 0) is 37.1 Å². The zero-order valence-corrected chi connectivity index (χ0v) is 9.17. The second kappa shape index (κ2) is 4.37. The molecule has 0 heterocycles. The van der Waals surface area contributed by atoms with Crippen molar-refractivity contribution in [2.45, 2.75) is 24.8 Å². The van der Waals surface area contributed by atoms with Crippen molar-refractivity contribution < 1.29 is 13.5 Å². The molecule has 2 rings (SSSR count). The number of alkyl halides is 2. The van der Waals surface area contributed by atoms with Gasteiger partial charge in [0.15, 0.2) is 0 Å². The molecule has 1 aromatic rings. The summed E-state index contributed by atoms with van der Waals surface area (Å²) in [6.07, 6.45) is 2.03. The average molecular weight is 227 g/mol.